The van der Waals surface area contributed by atoms with Crippen LogP contribution in [0, 0.1) is 0 Å². The highest BCUT2D eigenvalue weighted by atomic mass is 79.9. The number of carbonyl (C=O) groups is 4. The Hall–Kier alpha value is -4.85. The molecule has 9 aromatic rings. The van der Waals surface area contributed by atoms with Gasteiger partial charge in [-0.05, 0) is 167 Å². The van der Waals surface area contributed by atoms with Gasteiger partial charge < -0.3 is 32.6 Å². The van der Waals surface area contributed by atoms with Gasteiger partial charge in [-0.25, -0.2) is 45.5 Å². The molecule has 0 radical (unpaired) electrons. The molecule has 0 fully saturated rings. The number of hydrogen-bond acceptors (Lipinski definition) is 27. The van der Waals surface area contributed by atoms with Gasteiger partial charge in [0.25, 0.3) is 5.91 Å². The standard InChI is InChI=1S/C8H6BrF3N4S.C8H8F3N5S.C7H8BrF3N4S.C7H6BrF3N2OS.C7H6BrF3N2S2.C5H8O2.C4H2BrNO2S.C3HBr2NS.C3H6F3N.CH4/c1-4(8(10,11)12)16-3-13-15-6(16)7-14-5(9)2-17-7;1-4(8(9,10)11)16-3-13-15-6(16)7-14-5(12)2-17-7;1-3(7(9,10)11)13-5(15-12)6-14-4(8)2-16-6;2*1-3(7(9,10)11)12-5(14)6-13-4(8)2-15-6;1-4(6)3-5(2)7;5-2-1-9-3(6-2)4(7)8;4-2-1-7-3(5)6-2;1-2(7)3(4,5)6;/h2-4H,1H3;2-4H,12H2,1H3;2-3H,12H2,1H3,(H,13,15);2*2-3H,1H3,(H,12,14);3H2,1-2H3;1H,(H,7,8);1H;2H,7H2,1H3;1H4/t;4-;;;;;;;2-;/m.0......0./s1. The van der Waals surface area contributed by atoms with Gasteiger partial charge in [-0.15, -0.1) is 99.8 Å². The smallest absolute Gasteiger partial charge is 0.410 e. The molecule has 620 valence electrons. The molecular weight excluding hydrogens is 2150 g/mol. The zero-order valence-electron chi connectivity index (χ0n) is 55.7. The first-order chi connectivity index (χ1) is 50.3. The fourth-order valence-electron chi connectivity index (χ4n) is 5.54. The lowest BCUT2D eigenvalue weighted by molar-refractivity contribution is -0.163. The van der Waals surface area contributed by atoms with Crippen molar-refractivity contribution in [2.75, 3.05) is 5.73 Å². The molecule has 9 rings (SSSR count). The van der Waals surface area contributed by atoms with Gasteiger partial charge >= 0.3 is 43.0 Å². The monoisotopic (exact) mass is 2200 g/mol. The van der Waals surface area contributed by atoms with Crippen molar-refractivity contribution in [1.82, 2.24) is 80.5 Å². The van der Waals surface area contributed by atoms with Crippen LogP contribution in [0.15, 0.2) is 86.8 Å². The number of amidine groups is 1. The van der Waals surface area contributed by atoms with E-state index in [9.17, 15) is 98.2 Å². The maximum Gasteiger partial charge on any atom is 0.410 e. The summed E-state index contributed by atoms with van der Waals surface area (Å²) in [6.07, 6.45) is -23.9. The molecule has 0 saturated heterocycles. The number of aromatic carboxylic acids is 1. The maximum atomic E-state index is 12.6. The summed E-state index contributed by atoms with van der Waals surface area (Å²) in [5.74, 6) is 3.53. The Kier molecular flexibility index (Phi) is 46.5. The third kappa shape index (κ3) is 41.5. The molecule has 1 amide bonds. The Bertz CT molecular complexity index is 4160. The fraction of sp³-hybridized carbons (Fsp3) is 0.415. The number of carboxylic acids is 1. The number of Topliss-reactive ketones (excluding diaryl/α,β-unsaturated/α-hetero) is 2. The highest BCUT2D eigenvalue weighted by Gasteiger charge is 2.42. The first-order valence-corrected chi connectivity index (χ1v) is 40.3. The number of nitrogens with one attached hydrogen (secondary N) is 3. The first-order valence-electron chi connectivity index (χ1n) is 28.2. The molecule has 6 atom stereocenters. The van der Waals surface area contributed by atoms with Crippen LogP contribution in [0.25, 0.3) is 21.7 Å². The van der Waals surface area contributed by atoms with E-state index in [1.807, 2.05) is 10.7 Å². The largest absolute Gasteiger partial charge is 0.476 e. The number of nitrogens with zero attached hydrogens (tertiary/aromatic N) is 14. The van der Waals surface area contributed by atoms with Gasteiger partial charge in [0.05, 0.1) is 12.5 Å². The maximum absolute atomic E-state index is 12.6. The van der Waals surface area contributed by atoms with E-state index in [0.29, 0.717) is 43.0 Å². The van der Waals surface area contributed by atoms with Gasteiger partial charge in [-0.1, -0.05) is 19.6 Å². The number of nitrogen functional groups attached to an aromatic ring is 1. The number of halogens is 25. The Balaban J connectivity index is 0.00000125. The Morgan fingerprint density at radius 3 is 1.13 bits per heavy atom. The number of alkyl halides is 18. The summed E-state index contributed by atoms with van der Waals surface area (Å²) in [5.41, 5.74) is 12.0. The molecular formula is C53H55Br7F18N20O5S8. The number of carbonyl (C=O) groups excluding carboxylic acids is 3. The van der Waals surface area contributed by atoms with Crippen LogP contribution in [0.5, 0.6) is 0 Å². The van der Waals surface area contributed by atoms with Gasteiger partial charge in [0, 0.05) is 37.7 Å². The lowest BCUT2D eigenvalue weighted by atomic mass is 10.2. The quantitative estimate of drug-likeness (QED) is 0.0107. The molecule has 9 heterocycles. The van der Waals surface area contributed by atoms with Crippen LogP contribution >= 0.6 is 203 Å². The summed E-state index contributed by atoms with van der Waals surface area (Å²) in [6.45, 7) is 8.62. The molecule has 4 unspecified atom stereocenters. The topological polar surface area (TPSA) is 367 Å². The molecule has 0 aliphatic heterocycles. The Morgan fingerprint density at radius 1 is 0.505 bits per heavy atom. The first kappa shape index (κ1) is 106. The minimum absolute atomic E-state index is 0. The van der Waals surface area contributed by atoms with Crippen molar-refractivity contribution in [2.45, 2.75) is 143 Å². The van der Waals surface area contributed by atoms with E-state index in [1.54, 1.807) is 32.9 Å². The van der Waals surface area contributed by atoms with E-state index in [-0.39, 0.29) is 63.7 Å². The van der Waals surface area contributed by atoms with Crippen LogP contribution in [0.3, 0.4) is 0 Å². The van der Waals surface area contributed by atoms with Crippen molar-refractivity contribution in [3.8, 4) is 21.7 Å². The van der Waals surface area contributed by atoms with Crippen molar-refractivity contribution < 1.29 is 103 Å². The average Bonchev–Trinajstić information content (AvgIpc) is 1.67. The predicted molar refractivity (Wildman–Crippen MR) is 415 cm³/mol. The number of nitrogens with two attached hydrogens (primary N) is 3. The van der Waals surface area contributed by atoms with Gasteiger partial charge in [-0.2, -0.15) is 79.0 Å². The van der Waals surface area contributed by atoms with Gasteiger partial charge in [0.2, 0.25) is 5.01 Å². The van der Waals surface area contributed by atoms with Crippen LogP contribution in [0.1, 0.15) is 111 Å². The number of thiazole rings is 7. The van der Waals surface area contributed by atoms with Crippen LogP contribution in [0.4, 0.5) is 84.8 Å². The molecule has 10 N–H and O–H groups in total. The van der Waals surface area contributed by atoms with Crippen LogP contribution < -0.4 is 33.4 Å². The number of hydrogen-bond donors (Lipinski definition) is 7. The summed E-state index contributed by atoms with van der Waals surface area (Å²) >= 11 is 34.8. The van der Waals surface area contributed by atoms with Crippen LogP contribution in [-0.4, -0.2) is 165 Å². The molecule has 0 spiro atoms. The highest BCUT2D eigenvalue weighted by Crippen LogP contribution is 2.36. The number of aliphatic imine (C=N–C) groups is 1. The van der Waals surface area contributed by atoms with Gasteiger partial charge in [0.1, 0.15) is 92.9 Å². The van der Waals surface area contributed by atoms with Crippen molar-refractivity contribution >= 4 is 243 Å². The molecule has 0 bridgehead atoms. The minimum Gasteiger partial charge on any atom is -0.476 e. The number of hydrazine groups is 1. The van der Waals surface area contributed by atoms with Crippen LogP contribution in [0.2, 0.25) is 0 Å². The summed E-state index contributed by atoms with van der Waals surface area (Å²) in [6, 6.07) is -10.5. The second-order valence-electron chi connectivity index (χ2n) is 20.0. The SMILES string of the molecule is Brc1csc(Br)n1.C.CC(=O)CC(C)=O.CC(N=C(NN)c1nc(Br)cs1)C(F)(F)F.CC(NC(=O)c1nc(Br)cs1)C(F)(F)F.CC(NC(=S)c1nc(Br)cs1)C(F)(F)F.CC(n1cnnc1-c1nc(Br)cs1)C(F)(F)F.C[C@H](N)C(F)(F)F.C[C@H](n1cnnc1-c1nc(N)cs1)C(F)(F)F.O=C(O)c1nc(Br)cs1. The molecule has 0 aliphatic carbocycles. The second-order valence-corrected chi connectivity index (χ2v) is 32.5. The predicted octanol–water partition coefficient (Wildman–Crippen LogP) is 19.5. The second kappa shape index (κ2) is 48.6. The Morgan fingerprint density at radius 2 is 0.856 bits per heavy atom. The van der Waals surface area contributed by atoms with E-state index in [0.717, 1.165) is 117 Å². The third-order valence-corrected chi connectivity index (χ3v) is 22.2. The van der Waals surface area contributed by atoms with Crippen molar-refractivity contribution in [3.05, 3.63) is 102 Å². The number of carboxylic acid groups (broad SMARTS) is 1. The number of anilines is 1. The molecule has 111 heavy (non-hydrogen) atoms. The molecule has 25 nitrogen and oxygen atoms in total. The van der Waals surface area contributed by atoms with Crippen molar-refractivity contribution in [1.29, 1.82) is 0 Å². The number of ketones is 2. The number of rotatable bonds is 13. The normalized spacial score (nSPS) is 13.1. The van der Waals surface area contributed by atoms with Crippen molar-refractivity contribution in [3.63, 3.8) is 0 Å². The number of amides is 1. The Labute approximate surface area is 708 Å². The lowest BCUT2D eigenvalue weighted by Gasteiger charge is -2.17. The molecule has 9 aromatic heterocycles. The van der Waals surface area contributed by atoms with E-state index >= 15 is 0 Å². The molecule has 0 aromatic carbocycles. The highest BCUT2D eigenvalue weighted by molar-refractivity contribution is 9.12. The molecule has 0 aliphatic rings. The van der Waals surface area contributed by atoms with E-state index in [4.69, 9.17) is 28.9 Å². The molecule has 0 saturated carbocycles. The van der Waals surface area contributed by atoms with Crippen LogP contribution in [-0.2, 0) is 9.59 Å². The van der Waals surface area contributed by atoms with Crippen molar-refractivity contribution in [2.24, 2.45) is 16.6 Å². The number of aromatic nitrogens is 13. The zero-order chi connectivity index (χ0) is 84.9. The fourth-order valence-corrected chi connectivity index (χ4v) is 14.1. The lowest BCUT2D eigenvalue weighted by Crippen LogP contribution is -2.43. The van der Waals surface area contributed by atoms with E-state index in [2.05, 4.69) is 188 Å². The average molecular weight is 2210 g/mol. The summed E-state index contributed by atoms with van der Waals surface area (Å²) in [4.78, 5) is 71.9. The zero-order valence-corrected chi connectivity index (χ0v) is 73.3. The summed E-state index contributed by atoms with van der Waals surface area (Å²) in [5, 5.41) is 39.7. The summed E-state index contributed by atoms with van der Waals surface area (Å²) in [7, 11) is 0. The van der Waals surface area contributed by atoms with Gasteiger partial charge in [0.15, 0.2) is 46.4 Å². The minimum atomic E-state index is -4.44. The van der Waals surface area contributed by atoms with E-state index in [1.165, 1.54) is 47.3 Å². The third-order valence-electron chi connectivity index (χ3n) is 11.1. The summed E-state index contributed by atoms with van der Waals surface area (Å²) < 4.78 is 225. The molecule has 58 heteroatoms. The number of thiocarbonyl (C=S) groups is 1. The van der Waals surface area contributed by atoms with E-state index < -0.39 is 85.2 Å². The van der Waals surface area contributed by atoms with Gasteiger partial charge in [-0.3, -0.25) is 28.5 Å².